The Morgan fingerprint density at radius 3 is 2.82 bits per heavy atom. The minimum atomic E-state index is -0.0901. The number of oxazole rings is 1. The Balaban J connectivity index is 0.00000144. The number of carbonyl (C=O) groups excluding carboxylic acids is 1. The van der Waals surface area contributed by atoms with Gasteiger partial charge in [-0.05, 0) is 44.0 Å². The van der Waals surface area contributed by atoms with Crippen molar-refractivity contribution in [3.05, 3.63) is 23.8 Å². The van der Waals surface area contributed by atoms with E-state index in [0.717, 1.165) is 19.6 Å². The highest BCUT2D eigenvalue weighted by Crippen LogP contribution is 2.28. The number of nitrogens with two attached hydrogens (primary N) is 1. The van der Waals surface area contributed by atoms with Gasteiger partial charge >= 0.3 is 0 Å². The first kappa shape index (κ1) is 15.1. The molecule has 22 heavy (non-hydrogen) atoms. The molecule has 1 atom stereocenters. The number of hydrogen-bond acceptors (Lipinski definition) is 5. The quantitative estimate of drug-likeness (QED) is 0.878. The molecule has 3 fully saturated rings. The smallest absolute Gasteiger partial charge is 0.293 e. The van der Waals surface area contributed by atoms with Gasteiger partial charge < -0.3 is 20.4 Å². The summed E-state index contributed by atoms with van der Waals surface area (Å²) in [6.45, 7) is 3.27. The third kappa shape index (κ3) is 2.53. The number of nitrogen functional groups attached to an aromatic ring is 1. The first-order valence-electron chi connectivity index (χ1n) is 7.39. The molecular weight excluding hydrogens is 304 g/mol. The van der Waals surface area contributed by atoms with Gasteiger partial charge in [-0.3, -0.25) is 4.79 Å². The molecule has 1 unspecified atom stereocenters. The fourth-order valence-corrected chi connectivity index (χ4v) is 3.52. The summed E-state index contributed by atoms with van der Waals surface area (Å²) in [5.74, 6) is 0.508. The predicted molar refractivity (Wildman–Crippen MR) is 86.1 cm³/mol. The van der Waals surface area contributed by atoms with Crippen LogP contribution in [-0.4, -0.2) is 41.5 Å². The summed E-state index contributed by atoms with van der Waals surface area (Å²) in [7, 11) is 0. The summed E-state index contributed by atoms with van der Waals surface area (Å²) in [5.41, 5.74) is 7.19. The predicted octanol–water partition coefficient (Wildman–Crippen LogP) is 1.66. The molecule has 1 aromatic carbocycles. The molecule has 2 aromatic rings. The largest absolute Gasteiger partial charge is 0.424 e. The van der Waals surface area contributed by atoms with Crippen LogP contribution in [0.3, 0.4) is 0 Å². The number of rotatable bonds is 2. The number of halogens is 1. The highest BCUT2D eigenvalue weighted by molar-refractivity contribution is 6.04. The molecule has 6 nitrogen and oxygen atoms in total. The Bertz CT molecular complexity index is 694. The van der Waals surface area contributed by atoms with E-state index in [-0.39, 0.29) is 30.4 Å². The van der Waals surface area contributed by atoms with Crippen LogP contribution in [0.15, 0.2) is 22.6 Å². The van der Waals surface area contributed by atoms with Crippen LogP contribution in [0.5, 0.6) is 0 Å². The number of para-hydroxylation sites is 1. The topological polar surface area (TPSA) is 84.4 Å². The van der Waals surface area contributed by atoms with Crippen LogP contribution in [0.4, 0.5) is 6.01 Å². The summed E-state index contributed by atoms with van der Waals surface area (Å²) in [6, 6.07) is 5.65. The van der Waals surface area contributed by atoms with Gasteiger partial charge in [0, 0.05) is 12.6 Å². The van der Waals surface area contributed by atoms with Crippen LogP contribution < -0.4 is 11.1 Å². The van der Waals surface area contributed by atoms with Crippen molar-refractivity contribution in [3.8, 4) is 0 Å². The van der Waals surface area contributed by atoms with E-state index < -0.39 is 0 Å². The maximum absolute atomic E-state index is 12.6. The maximum Gasteiger partial charge on any atom is 0.293 e. The first-order valence-corrected chi connectivity index (χ1v) is 7.39. The van der Waals surface area contributed by atoms with Gasteiger partial charge in [0.25, 0.3) is 11.9 Å². The van der Waals surface area contributed by atoms with Crippen LogP contribution >= 0.6 is 12.4 Å². The Hall–Kier alpha value is -1.79. The van der Waals surface area contributed by atoms with E-state index in [2.05, 4.69) is 15.2 Å². The number of amides is 1. The number of carbonyl (C=O) groups is 1. The van der Waals surface area contributed by atoms with Gasteiger partial charge in [0.2, 0.25) is 0 Å². The first-order chi connectivity index (χ1) is 10.2. The monoisotopic (exact) mass is 322 g/mol. The van der Waals surface area contributed by atoms with Gasteiger partial charge in [-0.2, -0.15) is 4.98 Å². The van der Waals surface area contributed by atoms with Crippen molar-refractivity contribution in [2.75, 3.05) is 25.4 Å². The van der Waals surface area contributed by atoms with E-state index in [4.69, 9.17) is 10.2 Å². The number of fused-ring (bicyclic) bond motifs is 4. The standard InChI is InChI=1S/C15H18N4O2.ClH/c16-15-18-13-10(2-1-3-12(13)21-15)14(20)17-11-8-19-6-4-9(11)5-7-19;/h1-3,9,11H,4-8H2,(H2,16,18)(H,17,20);1H. The number of nitrogens with zero attached hydrogens (tertiary/aromatic N) is 2. The zero-order valence-corrected chi connectivity index (χ0v) is 12.9. The van der Waals surface area contributed by atoms with Crippen molar-refractivity contribution in [1.29, 1.82) is 0 Å². The van der Waals surface area contributed by atoms with Crippen molar-refractivity contribution in [2.24, 2.45) is 5.92 Å². The van der Waals surface area contributed by atoms with E-state index in [1.165, 1.54) is 12.8 Å². The highest BCUT2D eigenvalue weighted by atomic mass is 35.5. The molecule has 0 saturated carbocycles. The highest BCUT2D eigenvalue weighted by Gasteiger charge is 2.35. The second kappa shape index (κ2) is 5.78. The molecule has 0 radical (unpaired) electrons. The fourth-order valence-electron chi connectivity index (χ4n) is 3.52. The van der Waals surface area contributed by atoms with E-state index in [1.807, 2.05) is 0 Å². The number of benzene rings is 1. The average molecular weight is 323 g/mol. The third-order valence-corrected chi connectivity index (χ3v) is 4.65. The van der Waals surface area contributed by atoms with Gasteiger partial charge in [0.05, 0.1) is 5.56 Å². The van der Waals surface area contributed by atoms with Crippen LogP contribution in [0, 0.1) is 5.92 Å². The van der Waals surface area contributed by atoms with E-state index in [9.17, 15) is 4.79 Å². The molecule has 1 aromatic heterocycles. The van der Waals surface area contributed by atoms with Gasteiger partial charge in [0.15, 0.2) is 5.58 Å². The molecule has 118 valence electrons. The lowest BCUT2D eigenvalue weighted by Gasteiger charge is -2.44. The molecule has 0 spiro atoms. The number of anilines is 1. The molecule has 3 N–H and O–H groups in total. The minimum absolute atomic E-state index is 0. The molecule has 0 aliphatic carbocycles. The fraction of sp³-hybridized carbons (Fsp3) is 0.467. The van der Waals surface area contributed by atoms with Crippen LogP contribution in [-0.2, 0) is 0 Å². The average Bonchev–Trinajstić information content (AvgIpc) is 2.88. The number of nitrogens with one attached hydrogen (secondary N) is 1. The summed E-state index contributed by atoms with van der Waals surface area (Å²) in [4.78, 5) is 19.1. The Labute approximate surface area is 134 Å². The number of hydrogen-bond donors (Lipinski definition) is 2. The lowest BCUT2D eigenvalue weighted by Crippen LogP contribution is -2.57. The zero-order valence-electron chi connectivity index (χ0n) is 12.1. The molecule has 4 heterocycles. The van der Waals surface area contributed by atoms with E-state index in [1.54, 1.807) is 18.2 Å². The van der Waals surface area contributed by atoms with Gasteiger partial charge in [0.1, 0.15) is 5.52 Å². The summed E-state index contributed by atoms with van der Waals surface area (Å²) < 4.78 is 5.28. The molecule has 2 bridgehead atoms. The lowest BCUT2D eigenvalue weighted by molar-refractivity contribution is 0.0621. The molecule has 3 saturated heterocycles. The second-order valence-corrected chi connectivity index (χ2v) is 5.92. The van der Waals surface area contributed by atoms with Crippen molar-refractivity contribution in [3.63, 3.8) is 0 Å². The SMILES string of the molecule is Cl.Nc1nc2c(C(=O)NC3CN4CCC3CC4)cccc2o1. The third-order valence-electron chi connectivity index (χ3n) is 4.65. The van der Waals surface area contributed by atoms with Crippen molar-refractivity contribution >= 4 is 35.4 Å². The van der Waals surface area contributed by atoms with E-state index in [0.29, 0.717) is 22.6 Å². The Kier molecular flexibility index (Phi) is 3.97. The molecule has 1 amide bonds. The maximum atomic E-state index is 12.6. The van der Waals surface area contributed by atoms with Crippen molar-refractivity contribution in [2.45, 2.75) is 18.9 Å². The summed E-state index contributed by atoms with van der Waals surface area (Å²) in [6.07, 6.45) is 2.35. The number of piperidine rings is 3. The van der Waals surface area contributed by atoms with Gasteiger partial charge in [-0.15, -0.1) is 12.4 Å². The van der Waals surface area contributed by atoms with Crippen LogP contribution in [0.2, 0.25) is 0 Å². The van der Waals surface area contributed by atoms with Gasteiger partial charge in [-0.1, -0.05) is 6.07 Å². The molecule has 5 rings (SSSR count). The molecular formula is C15H19ClN4O2. The summed E-state index contributed by atoms with van der Waals surface area (Å²) in [5, 5.41) is 3.16. The normalized spacial score (nSPS) is 26.6. The molecule has 7 heteroatoms. The molecule has 3 aliphatic heterocycles. The lowest BCUT2D eigenvalue weighted by atomic mass is 9.84. The Morgan fingerprint density at radius 1 is 1.36 bits per heavy atom. The van der Waals surface area contributed by atoms with Crippen LogP contribution in [0.25, 0.3) is 11.1 Å². The van der Waals surface area contributed by atoms with Gasteiger partial charge in [-0.25, -0.2) is 0 Å². The molecule has 3 aliphatic rings. The zero-order chi connectivity index (χ0) is 14.4. The van der Waals surface area contributed by atoms with Crippen LogP contribution in [0.1, 0.15) is 23.2 Å². The minimum Gasteiger partial charge on any atom is -0.424 e. The Morgan fingerprint density at radius 2 is 2.14 bits per heavy atom. The number of aromatic nitrogens is 1. The van der Waals surface area contributed by atoms with E-state index >= 15 is 0 Å². The second-order valence-electron chi connectivity index (χ2n) is 5.92. The van der Waals surface area contributed by atoms with Crippen molar-refractivity contribution < 1.29 is 9.21 Å². The van der Waals surface area contributed by atoms with Crippen molar-refractivity contribution in [1.82, 2.24) is 15.2 Å². The summed E-state index contributed by atoms with van der Waals surface area (Å²) >= 11 is 0.